The van der Waals surface area contributed by atoms with Crippen LogP contribution in [0.15, 0.2) is 0 Å². The Morgan fingerprint density at radius 1 is 1.47 bits per heavy atom. The van der Waals surface area contributed by atoms with Gasteiger partial charge in [-0.3, -0.25) is 4.79 Å². The Balaban J connectivity index is 2.44. The van der Waals surface area contributed by atoms with E-state index in [1.807, 2.05) is 11.9 Å². The first-order valence-electron chi connectivity index (χ1n) is 6.14. The van der Waals surface area contributed by atoms with Gasteiger partial charge in [0.25, 0.3) is 0 Å². The van der Waals surface area contributed by atoms with Gasteiger partial charge in [0.1, 0.15) is 0 Å². The quantitative estimate of drug-likeness (QED) is 0.769. The van der Waals surface area contributed by atoms with Gasteiger partial charge in [0.15, 0.2) is 0 Å². The Morgan fingerprint density at radius 2 is 2.20 bits per heavy atom. The average Bonchev–Trinajstić information content (AvgIpc) is 2.28. The van der Waals surface area contributed by atoms with Crippen LogP contribution in [0.4, 0.5) is 0 Å². The molecule has 1 aliphatic rings. The molecule has 1 fully saturated rings. The molecule has 1 saturated carbocycles. The van der Waals surface area contributed by atoms with E-state index in [-0.39, 0.29) is 5.92 Å². The minimum Gasteiger partial charge on any atom is -0.346 e. The molecule has 1 aliphatic carbocycles. The normalized spacial score (nSPS) is 26.3. The second-order valence-corrected chi connectivity index (χ2v) is 4.73. The van der Waals surface area contributed by atoms with Crippen LogP contribution in [-0.4, -0.2) is 30.9 Å². The van der Waals surface area contributed by atoms with E-state index in [0.717, 1.165) is 38.8 Å². The van der Waals surface area contributed by atoms with Gasteiger partial charge in [0.2, 0.25) is 5.91 Å². The molecule has 88 valence electrons. The summed E-state index contributed by atoms with van der Waals surface area (Å²) in [5.41, 5.74) is 5.68. The number of nitrogens with zero attached hydrogens (tertiary/aromatic N) is 1. The molecule has 3 nitrogen and oxygen atoms in total. The minimum absolute atomic E-state index is 0.240. The SMILES string of the molecule is CCCN(C)C(=O)C1CCCC(CN)C1. The Hall–Kier alpha value is -0.570. The van der Waals surface area contributed by atoms with Crippen molar-refractivity contribution in [1.29, 1.82) is 0 Å². The van der Waals surface area contributed by atoms with E-state index in [0.29, 0.717) is 11.8 Å². The lowest BCUT2D eigenvalue weighted by Gasteiger charge is -2.30. The van der Waals surface area contributed by atoms with Crippen molar-refractivity contribution in [3.8, 4) is 0 Å². The third-order valence-electron chi connectivity index (χ3n) is 3.40. The summed E-state index contributed by atoms with van der Waals surface area (Å²) in [6.45, 7) is 3.72. The maximum absolute atomic E-state index is 12.0. The number of nitrogens with two attached hydrogens (primary N) is 1. The maximum atomic E-state index is 12.0. The summed E-state index contributed by atoms with van der Waals surface area (Å²) in [5, 5.41) is 0. The zero-order valence-corrected chi connectivity index (χ0v) is 10.0. The largest absolute Gasteiger partial charge is 0.346 e. The first-order chi connectivity index (χ1) is 7.19. The molecule has 0 heterocycles. The number of rotatable bonds is 4. The van der Waals surface area contributed by atoms with E-state index in [4.69, 9.17) is 5.73 Å². The second kappa shape index (κ2) is 6.11. The summed E-state index contributed by atoms with van der Waals surface area (Å²) in [6.07, 6.45) is 5.47. The van der Waals surface area contributed by atoms with Gasteiger partial charge in [-0.2, -0.15) is 0 Å². The number of amides is 1. The van der Waals surface area contributed by atoms with E-state index in [1.165, 1.54) is 6.42 Å². The van der Waals surface area contributed by atoms with E-state index in [1.54, 1.807) is 0 Å². The summed E-state index contributed by atoms with van der Waals surface area (Å²) in [7, 11) is 1.91. The van der Waals surface area contributed by atoms with Crippen molar-refractivity contribution in [3.63, 3.8) is 0 Å². The average molecular weight is 212 g/mol. The molecule has 2 N–H and O–H groups in total. The summed E-state index contributed by atoms with van der Waals surface area (Å²) < 4.78 is 0. The summed E-state index contributed by atoms with van der Waals surface area (Å²) in [4.78, 5) is 13.9. The molecule has 0 radical (unpaired) electrons. The lowest BCUT2D eigenvalue weighted by atomic mass is 9.81. The van der Waals surface area contributed by atoms with Crippen LogP contribution in [0.1, 0.15) is 39.0 Å². The Kier molecular flexibility index (Phi) is 5.09. The zero-order chi connectivity index (χ0) is 11.3. The molecule has 2 unspecified atom stereocenters. The first kappa shape index (κ1) is 12.5. The van der Waals surface area contributed by atoms with Crippen LogP contribution in [0.5, 0.6) is 0 Å². The van der Waals surface area contributed by atoms with Crippen molar-refractivity contribution >= 4 is 5.91 Å². The molecule has 0 bridgehead atoms. The van der Waals surface area contributed by atoms with Gasteiger partial charge < -0.3 is 10.6 Å². The van der Waals surface area contributed by atoms with Gasteiger partial charge in [0, 0.05) is 19.5 Å². The molecule has 0 spiro atoms. The summed E-state index contributed by atoms with van der Waals surface area (Å²) in [6, 6.07) is 0. The van der Waals surface area contributed by atoms with Crippen LogP contribution >= 0.6 is 0 Å². The minimum atomic E-state index is 0.240. The van der Waals surface area contributed by atoms with Crippen LogP contribution in [0, 0.1) is 11.8 Å². The standard InChI is InChI=1S/C12H24N2O/c1-3-7-14(2)12(15)11-6-4-5-10(8-11)9-13/h10-11H,3-9,13H2,1-2H3. The van der Waals surface area contributed by atoms with Gasteiger partial charge in [-0.05, 0) is 38.1 Å². The fraction of sp³-hybridized carbons (Fsp3) is 0.917. The molecule has 0 saturated heterocycles. The number of hydrogen-bond donors (Lipinski definition) is 1. The van der Waals surface area contributed by atoms with Crippen molar-refractivity contribution in [2.45, 2.75) is 39.0 Å². The van der Waals surface area contributed by atoms with Crippen molar-refractivity contribution in [2.75, 3.05) is 20.1 Å². The Bertz CT molecular complexity index is 206. The van der Waals surface area contributed by atoms with Crippen molar-refractivity contribution in [1.82, 2.24) is 4.90 Å². The fourth-order valence-electron chi connectivity index (χ4n) is 2.49. The molecule has 0 aromatic rings. The topological polar surface area (TPSA) is 46.3 Å². The third-order valence-corrected chi connectivity index (χ3v) is 3.40. The lowest BCUT2D eigenvalue weighted by Crippen LogP contribution is -2.37. The molecule has 0 aromatic heterocycles. The number of hydrogen-bond acceptors (Lipinski definition) is 2. The van der Waals surface area contributed by atoms with Crippen LogP contribution in [-0.2, 0) is 4.79 Å². The van der Waals surface area contributed by atoms with Crippen molar-refractivity contribution in [2.24, 2.45) is 17.6 Å². The first-order valence-corrected chi connectivity index (χ1v) is 6.14. The molecule has 3 heteroatoms. The summed E-state index contributed by atoms with van der Waals surface area (Å²) >= 11 is 0. The fourth-order valence-corrected chi connectivity index (χ4v) is 2.49. The lowest BCUT2D eigenvalue weighted by molar-refractivity contribution is -0.135. The van der Waals surface area contributed by atoms with Gasteiger partial charge >= 0.3 is 0 Å². The molecule has 0 aromatic carbocycles. The Labute approximate surface area is 93.0 Å². The molecule has 2 atom stereocenters. The van der Waals surface area contributed by atoms with Gasteiger partial charge in [-0.1, -0.05) is 13.3 Å². The van der Waals surface area contributed by atoms with Crippen molar-refractivity contribution in [3.05, 3.63) is 0 Å². The smallest absolute Gasteiger partial charge is 0.225 e. The monoisotopic (exact) mass is 212 g/mol. The van der Waals surface area contributed by atoms with Crippen LogP contribution in [0.2, 0.25) is 0 Å². The van der Waals surface area contributed by atoms with Crippen LogP contribution in [0.25, 0.3) is 0 Å². The van der Waals surface area contributed by atoms with E-state index < -0.39 is 0 Å². The highest BCUT2D eigenvalue weighted by Crippen LogP contribution is 2.29. The van der Waals surface area contributed by atoms with Crippen LogP contribution < -0.4 is 5.73 Å². The molecule has 0 aliphatic heterocycles. The predicted octanol–water partition coefficient (Wildman–Crippen LogP) is 1.62. The number of carbonyl (C=O) groups is 1. The predicted molar refractivity (Wildman–Crippen MR) is 62.4 cm³/mol. The van der Waals surface area contributed by atoms with Gasteiger partial charge in [0.05, 0.1) is 0 Å². The highest BCUT2D eigenvalue weighted by molar-refractivity contribution is 5.78. The molecule has 1 amide bonds. The van der Waals surface area contributed by atoms with E-state index in [9.17, 15) is 4.79 Å². The molecular formula is C12H24N2O. The van der Waals surface area contributed by atoms with Crippen molar-refractivity contribution < 1.29 is 4.79 Å². The zero-order valence-electron chi connectivity index (χ0n) is 10.0. The van der Waals surface area contributed by atoms with E-state index >= 15 is 0 Å². The van der Waals surface area contributed by atoms with Crippen LogP contribution in [0.3, 0.4) is 0 Å². The second-order valence-electron chi connectivity index (χ2n) is 4.73. The van der Waals surface area contributed by atoms with Gasteiger partial charge in [-0.15, -0.1) is 0 Å². The number of carbonyl (C=O) groups excluding carboxylic acids is 1. The highest BCUT2D eigenvalue weighted by Gasteiger charge is 2.28. The highest BCUT2D eigenvalue weighted by atomic mass is 16.2. The Morgan fingerprint density at radius 3 is 2.80 bits per heavy atom. The third kappa shape index (κ3) is 3.49. The van der Waals surface area contributed by atoms with Gasteiger partial charge in [-0.25, -0.2) is 0 Å². The molecular weight excluding hydrogens is 188 g/mol. The molecule has 15 heavy (non-hydrogen) atoms. The van der Waals surface area contributed by atoms with E-state index in [2.05, 4.69) is 6.92 Å². The summed E-state index contributed by atoms with van der Waals surface area (Å²) in [5.74, 6) is 1.14. The maximum Gasteiger partial charge on any atom is 0.225 e. The molecule has 1 rings (SSSR count).